The van der Waals surface area contributed by atoms with Crippen LogP contribution in [-0.2, 0) is 0 Å². The second kappa shape index (κ2) is 4.53. The number of hydrogen-bond donors (Lipinski definition) is 0. The normalized spacial score (nSPS) is 11.3. The molecule has 0 N–H and O–H groups in total. The summed E-state index contributed by atoms with van der Waals surface area (Å²) in [6.45, 7) is 1.89. The molecular weight excluding hydrogens is 282 g/mol. The summed E-state index contributed by atoms with van der Waals surface area (Å²) >= 11 is 1.58. The minimum absolute atomic E-state index is 0.328. The van der Waals surface area contributed by atoms with Crippen LogP contribution in [0.4, 0.5) is 0 Å². The second-order valence-electron chi connectivity index (χ2n) is 4.92. The number of nitrogens with zero attached hydrogens (tertiary/aromatic N) is 1. The van der Waals surface area contributed by atoms with Gasteiger partial charge in [0.1, 0.15) is 0 Å². The lowest BCUT2D eigenvalue weighted by Crippen LogP contribution is -2.04. The Balaban J connectivity index is 2.00. The Labute approximate surface area is 124 Å². The first-order valence-electron chi connectivity index (χ1n) is 6.62. The van der Waals surface area contributed by atoms with Crippen LogP contribution < -0.4 is 5.63 Å². The predicted octanol–water partition coefficient (Wildman–Crippen LogP) is 4.38. The summed E-state index contributed by atoms with van der Waals surface area (Å²) in [5.41, 5.74) is 1.24. The second-order valence-corrected chi connectivity index (χ2v) is 6.01. The van der Waals surface area contributed by atoms with Crippen molar-refractivity contribution < 1.29 is 4.42 Å². The number of hydrogen-bond acceptors (Lipinski definition) is 4. The van der Waals surface area contributed by atoms with E-state index in [2.05, 4.69) is 4.98 Å². The van der Waals surface area contributed by atoms with Crippen molar-refractivity contribution >= 4 is 32.3 Å². The van der Waals surface area contributed by atoms with Gasteiger partial charge in [-0.25, -0.2) is 9.78 Å². The first kappa shape index (κ1) is 12.3. The Morgan fingerprint density at radius 2 is 1.95 bits per heavy atom. The zero-order valence-corrected chi connectivity index (χ0v) is 12.1. The van der Waals surface area contributed by atoms with E-state index in [1.807, 2.05) is 55.5 Å². The molecule has 0 saturated heterocycles. The van der Waals surface area contributed by atoms with E-state index >= 15 is 0 Å². The molecule has 0 saturated carbocycles. The number of aryl methyl sites for hydroxylation is 1. The summed E-state index contributed by atoms with van der Waals surface area (Å²) in [5, 5.41) is 1.69. The Morgan fingerprint density at radius 1 is 1.10 bits per heavy atom. The fourth-order valence-electron chi connectivity index (χ4n) is 2.47. The molecule has 0 aliphatic carbocycles. The summed E-state index contributed by atoms with van der Waals surface area (Å²) in [7, 11) is 0. The average Bonchev–Trinajstić information content (AvgIpc) is 2.91. The average molecular weight is 293 g/mol. The molecule has 0 atom stereocenters. The maximum atomic E-state index is 12.2. The molecule has 2 aromatic heterocycles. The maximum Gasteiger partial charge on any atom is 0.347 e. The molecule has 0 amide bonds. The van der Waals surface area contributed by atoms with Gasteiger partial charge in [0, 0.05) is 4.70 Å². The van der Waals surface area contributed by atoms with E-state index in [9.17, 15) is 4.79 Å². The molecule has 0 spiro atoms. The lowest BCUT2D eigenvalue weighted by Gasteiger charge is -2.01. The van der Waals surface area contributed by atoms with Crippen molar-refractivity contribution in [3.8, 4) is 10.8 Å². The van der Waals surface area contributed by atoms with Gasteiger partial charge < -0.3 is 4.42 Å². The highest BCUT2D eigenvalue weighted by atomic mass is 32.1. The summed E-state index contributed by atoms with van der Waals surface area (Å²) < 4.78 is 6.58. The monoisotopic (exact) mass is 293 g/mol. The number of thiophene rings is 1. The van der Waals surface area contributed by atoms with Gasteiger partial charge in [0.15, 0.2) is 0 Å². The van der Waals surface area contributed by atoms with Gasteiger partial charge in [-0.2, -0.15) is 0 Å². The summed E-state index contributed by atoms with van der Waals surface area (Å²) in [6.07, 6.45) is 0. The molecule has 3 nitrogen and oxygen atoms in total. The van der Waals surface area contributed by atoms with Gasteiger partial charge in [-0.1, -0.05) is 30.3 Å². The van der Waals surface area contributed by atoms with Crippen molar-refractivity contribution in [2.24, 2.45) is 0 Å². The van der Waals surface area contributed by atoms with Crippen LogP contribution in [0, 0.1) is 6.92 Å². The Hall–Kier alpha value is -2.46. The molecule has 0 aliphatic rings. The van der Waals surface area contributed by atoms with E-state index in [0.29, 0.717) is 16.8 Å². The van der Waals surface area contributed by atoms with E-state index < -0.39 is 0 Å². The van der Waals surface area contributed by atoms with Gasteiger partial charge in [0.05, 0.1) is 15.8 Å². The lowest BCUT2D eigenvalue weighted by atomic mass is 10.1. The molecule has 4 heteroatoms. The highest BCUT2D eigenvalue weighted by Crippen LogP contribution is 2.32. The standard InChI is InChI=1S/C17H11NO2S/c1-10-5-4-7-12-15(10)17(19)20-16(18-12)14-9-11-6-2-3-8-13(11)21-14/h2-9H,1H3. The minimum Gasteiger partial charge on any atom is -0.402 e. The van der Waals surface area contributed by atoms with Crippen molar-refractivity contribution in [1.29, 1.82) is 0 Å². The first-order chi connectivity index (χ1) is 10.2. The third-order valence-electron chi connectivity index (χ3n) is 3.50. The SMILES string of the molecule is Cc1cccc2nc(-c3cc4ccccc4s3)oc(=O)c12. The zero-order chi connectivity index (χ0) is 14.4. The van der Waals surface area contributed by atoms with Crippen molar-refractivity contribution in [2.45, 2.75) is 6.92 Å². The molecule has 2 heterocycles. The summed E-state index contributed by atoms with van der Waals surface area (Å²) in [4.78, 5) is 17.6. The number of rotatable bonds is 1. The molecule has 2 aromatic carbocycles. The van der Waals surface area contributed by atoms with Gasteiger partial charge in [0.25, 0.3) is 0 Å². The molecule has 0 unspecified atom stereocenters. The van der Waals surface area contributed by atoms with E-state index in [0.717, 1.165) is 20.5 Å². The fourth-order valence-corrected chi connectivity index (χ4v) is 3.46. The van der Waals surface area contributed by atoms with Crippen LogP contribution in [-0.4, -0.2) is 4.98 Å². The quantitative estimate of drug-likeness (QED) is 0.523. The van der Waals surface area contributed by atoms with Crippen molar-refractivity contribution in [3.63, 3.8) is 0 Å². The van der Waals surface area contributed by atoms with E-state index in [1.54, 1.807) is 11.3 Å². The number of benzene rings is 2. The first-order valence-corrected chi connectivity index (χ1v) is 7.43. The van der Waals surface area contributed by atoms with Crippen molar-refractivity contribution in [2.75, 3.05) is 0 Å². The topological polar surface area (TPSA) is 43.1 Å². The summed E-state index contributed by atoms with van der Waals surface area (Å²) in [5.74, 6) is 0.388. The molecular formula is C17H11NO2S. The van der Waals surface area contributed by atoms with Gasteiger partial charge in [-0.15, -0.1) is 11.3 Å². The predicted molar refractivity (Wildman–Crippen MR) is 85.8 cm³/mol. The molecule has 0 bridgehead atoms. The molecule has 102 valence electrons. The van der Waals surface area contributed by atoms with E-state index in [1.165, 1.54) is 0 Å². The minimum atomic E-state index is -0.328. The number of fused-ring (bicyclic) bond motifs is 2. The van der Waals surface area contributed by atoms with Gasteiger partial charge >= 0.3 is 5.63 Å². The molecule has 4 rings (SSSR count). The van der Waals surface area contributed by atoms with Gasteiger partial charge in [-0.05, 0) is 36.1 Å². The van der Waals surface area contributed by atoms with Crippen LogP contribution in [0.3, 0.4) is 0 Å². The molecule has 0 fully saturated rings. The lowest BCUT2D eigenvalue weighted by molar-refractivity contribution is 0.519. The highest BCUT2D eigenvalue weighted by molar-refractivity contribution is 7.22. The van der Waals surface area contributed by atoms with Crippen LogP contribution in [0.2, 0.25) is 0 Å². The third kappa shape index (κ3) is 1.96. The van der Waals surface area contributed by atoms with Crippen LogP contribution in [0.15, 0.2) is 57.7 Å². The molecule has 0 radical (unpaired) electrons. The molecule has 21 heavy (non-hydrogen) atoms. The fraction of sp³-hybridized carbons (Fsp3) is 0.0588. The Bertz CT molecular complexity index is 997. The molecule has 4 aromatic rings. The largest absolute Gasteiger partial charge is 0.402 e. The Kier molecular flexibility index (Phi) is 2.65. The molecule has 0 aliphatic heterocycles. The van der Waals surface area contributed by atoms with E-state index in [-0.39, 0.29) is 5.63 Å². The van der Waals surface area contributed by atoms with Gasteiger partial charge in [-0.3, -0.25) is 0 Å². The zero-order valence-electron chi connectivity index (χ0n) is 11.3. The highest BCUT2D eigenvalue weighted by Gasteiger charge is 2.12. The smallest absolute Gasteiger partial charge is 0.347 e. The van der Waals surface area contributed by atoms with E-state index in [4.69, 9.17) is 4.42 Å². The van der Waals surface area contributed by atoms with Gasteiger partial charge in [0.2, 0.25) is 5.89 Å². The van der Waals surface area contributed by atoms with Crippen LogP contribution in [0.25, 0.3) is 31.8 Å². The number of aromatic nitrogens is 1. The third-order valence-corrected chi connectivity index (χ3v) is 4.61. The van der Waals surface area contributed by atoms with Crippen molar-refractivity contribution in [1.82, 2.24) is 4.98 Å². The summed E-state index contributed by atoms with van der Waals surface area (Å²) in [6, 6.07) is 15.7. The Morgan fingerprint density at radius 3 is 2.81 bits per heavy atom. The van der Waals surface area contributed by atoms with Crippen LogP contribution in [0.5, 0.6) is 0 Å². The van der Waals surface area contributed by atoms with Crippen molar-refractivity contribution in [3.05, 3.63) is 64.5 Å². The van der Waals surface area contributed by atoms with Crippen LogP contribution >= 0.6 is 11.3 Å². The maximum absolute atomic E-state index is 12.2. The van der Waals surface area contributed by atoms with Crippen LogP contribution in [0.1, 0.15) is 5.56 Å².